The Kier molecular flexibility index (Phi) is 4.44. The van der Waals surface area contributed by atoms with Crippen molar-refractivity contribution in [2.45, 2.75) is 70.5 Å². The highest BCUT2D eigenvalue weighted by atomic mass is 16.6. The monoisotopic (exact) mass is 412 g/mol. The molecule has 2 heterocycles. The van der Waals surface area contributed by atoms with Gasteiger partial charge in [-0.15, -0.1) is 0 Å². The van der Waals surface area contributed by atoms with E-state index >= 15 is 0 Å². The van der Waals surface area contributed by atoms with Crippen LogP contribution in [0.15, 0.2) is 18.5 Å². The molecule has 4 aliphatic carbocycles. The first-order valence-corrected chi connectivity index (χ1v) is 11.0. The number of hydrogen-bond donors (Lipinski definition) is 1. The zero-order chi connectivity index (χ0) is 21.0. The molecular weight excluding hydrogens is 384 g/mol. The quantitative estimate of drug-likeness (QED) is 0.578. The van der Waals surface area contributed by atoms with Crippen LogP contribution in [0.25, 0.3) is 0 Å². The molecule has 9 nitrogen and oxygen atoms in total. The smallest absolute Gasteiger partial charge is 0.320 e. The van der Waals surface area contributed by atoms with Crippen LogP contribution in [0.2, 0.25) is 0 Å². The number of carbonyl (C=O) groups excluding carboxylic acids is 1. The first kappa shape index (κ1) is 19.3. The molecule has 9 heteroatoms. The summed E-state index contributed by atoms with van der Waals surface area (Å²) in [5.74, 6) is 1.55. The van der Waals surface area contributed by atoms with Crippen LogP contribution in [0.3, 0.4) is 0 Å². The van der Waals surface area contributed by atoms with Gasteiger partial charge in [-0.3, -0.25) is 24.3 Å². The molecule has 0 aliphatic heterocycles. The molecule has 160 valence electrons. The highest BCUT2D eigenvalue weighted by Gasteiger charge is 2.53. The standard InChI is InChI=1S/C21H28N6O3/c1-3-25-17(4-5-22-25)13(2)23-20(28)19-18(27(29)30)12-26(24-19)21-9-14-6-15(10-21)8-16(7-14)11-21/h4-5,12-16H,3,6-11H2,1-2H3,(H,23,28). The third kappa shape index (κ3) is 3.02. The molecule has 0 radical (unpaired) electrons. The van der Waals surface area contributed by atoms with Crippen molar-refractivity contribution < 1.29 is 9.72 Å². The number of hydrogen-bond acceptors (Lipinski definition) is 5. The van der Waals surface area contributed by atoms with Crippen LogP contribution in [0.4, 0.5) is 5.69 Å². The van der Waals surface area contributed by atoms with Crippen molar-refractivity contribution in [2.75, 3.05) is 0 Å². The molecule has 4 bridgehead atoms. The third-order valence-electron chi connectivity index (χ3n) is 7.44. The van der Waals surface area contributed by atoms with Gasteiger partial charge >= 0.3 is 5.69 Å². The molecule has 1 atom stereocenters. The molecule has 0 aromatic carbocycles. The van der Waals surface area contributed by atoms with Gasteiger partial charge in [-0.25, -0.2) is 0 Å². The van der Waals surface area contributed by atoms with Crippen molar-refractivity contribution in [1.82, 2.24) is 24.9 Å². The largest absolute Gasteiger partial charge is 0.342 e. The summed E-state index contributed by atoms with van der Waals surface area (Å²) in [5.41, 5.74) is 0.392. The molecule has 4 fully saturated rings. The van der Waals surface area contributed by atoms with E-state index in [1.807, 2.05) is 19.9 Å². The Hall–Kier alpha value is -2.71. The topological polar surface area (TPSA) is 108 Å². The fraction of sp³-hybridized carbons (Fsp3) is 0.667. The van der Waals surface area contributed by atoms with Gasteiger partial charge in [0.15, 0.2) is 0 Å². The predicted molar refractivity (Wildman–Crippen MR) is 109 cm³/mol. The number of amides is 1. The predicted octanol–water partition coefficient (Wildman–Crippen LogP) is 3.42. The van der Waals surface area contributed by atoms with Gasteiger partial charge in [0.05, 0.1) is 22.2 Å². The fourth-order valence-corrected chi connectivity index (χ4v) is 6.56. The van der Waals surface area contributed by atoms with Crippen molar-refractivity contribution in [2.24, 2.45) is 17.8 Å². The van der Waals surface area contributed by atoms with Crippen molar-refractivity contribution in [3.05, 3.63) is 40.0 Å². The lowest BCUT2D eigenvalue weighted by Gasteiger charge is -2.56. The lowest BCUT2D eigenvalue weighted by atomic mass is 9.53. The number of aromatic nitrogens is 4. The Balaban J connectivity index is 1.44. The van der Waals surface area contributed by atoms with Crippen molar-refractivity contribution in [3.63, 3.8) is 0 Å². The molecule has 2 aromatic rings. The van der Waals surface area contributed by atoms with Crippen LogP contribution >= 0.6 is 0 Å². The van der Waals surface area contributed by atoms with Gasteiger partial charge in [0.2, 0.25) is 5.69 Å². The summed E-state index contributed by atoms with van der Waals surface area (Å²) < 4.78 is 3.58. The number of nitro groups is 1. The molecule has 4 aliphatic rings. The van der Waals surface area contributed by atoms with E-state index in [0.717, 1.165) is 25.0 Å². The van der Waals surface area contributed by atoms with Crippen LogP contribution in [0, 0.1) is 27.9 Å². The van der Waals surface area contributed by atoms with E-state index in [4.69, 9.17) is 0 Å². The first-order chi connectivity index (χ1) is 14.4. The number of nitrogens with one attached hydrogen (secondary N) is 1. The van der Waals surface area contributed by atoms with Crippen molar-refractivity contribution in [1.29, 1.82) is 0 Å². The van der Waals surface area contributed by atoms with Gasteiger partial charge in [0.25, 0.3) is 5.91 Å². The van der Waals surface area contributed by atoms with Gasteiger partial charge in [0.1, 0.15) is 6.20 Å². The molecule has 0 saturated heterocycles. The molecule has 1 amide bonds. The highest BCUT2D eigenvalue weighted by Crippen LogP contribution is 2.58. The Bertz CT molecular complexity index is 957. The summed E-state index contributed by atoms with van der Waals surface area (Å²) in [5, 5.41) is 23.4. The van der Waals surface area contributed by atoms with E-state index in [1.165, 1.54) is 25.5 Å². The Morgan fingerprint density at radius 2 is 1.93 bits per heavy atom. The molecule has 4 saturated carbocycles. The number of aryl methyl sites for hydroxylation is 1. The minimum Gasteiger partial charge on any atom is -0.342 e. The number of nitrogens with zero attached hydrogens (tertiary/aromatic N) is 5. The highest BCUT2D eigenvalue weighted by molar-refractivity contribution is 5.96. The van der Waals surface area contributed by atoms with E-state index in [-0.39, 0.29) is 23.0 Å². The second kappa shape index (κ2) is 6.92. The van der Waals surface area contributed by atoms with Gasteiger partial charge < -0.3 is 5.32 Å². The van der Waals surface area contributed by atoms with Gasteiger partial charge in [-0.05, 0) is 76.2 Å². The van der Waals surface area contributed by atoms with E-state index in [1.54, 1.807) is 15.6 Å². The van der Waals surface area contributed by atoms with Gasteiger partial charge in [-0.1, -0.05) is 0 Å². The molecule has 2 aromatic heterocycles. The van der Waals surface area contributed by atoms with Crippen molar-refractivity contribution >= 4 is 11.6 Å². The molecule has 30 heavy (non-hydrogen) atoms. The molecular formula is C21H28N6O3. The summed E-state index contributed by atoms with van der Waals surface area (Å²) in [6, 6.07) is 1.51. The van der Waals surface area contributed by atoms with Crippen LogP contribution < -0.4 is 5.32 Å². The van der Waals surface area contributed by atoms with Crippen molar-refractivity contribution in [3.8, 4) is 0 Å². The second-order valence-electron chi connectivity index (χ2n) is 9.47. The normalized spacial score (nSPS) is 30.4. The van der Waals surface area contributed by atoms with Crippen LogP contribution in [0.5, 0.6) is 0 Å². The summed E-state index contributed by atoms with van der Waals surface area (Å²) in [7, 11) is 0. The van der Waals surface area contributed by atoms with E-state index < -0.39 is 10.8 Å². The molecule has 1 unspecified atom stereocenters. The van der Waals surface area contributed by atoms with Crippen LogP contribution in [0.1, 0.15) is 74.6 Å². The Labute approximate surface area is 175 Å². The van der Waals surface area contributed by atoms with Crippen LogP contribution in [-0.2, 0) is 12.1 Å². The second-order valence-corrected chi connectivity index (χ2v) is 9.47. The Morgan fingerprint density at radius 1 is 1.30 bits per heavy atom. The van der Waals surface area contributed by atoms with Gasteiger partial charge in [0, 0.05) is 12.7 Å². The van der Waals surface area contributed by atoms with E-state index in [2.05, 4.69) is 15.5 Å². The zero-order valence-electron chi connectivity index (χ0n) is 17.5. The number of carbonyl (C=O) groups is 1. The zero-order valence-corrected chi connectivity index (χ0v) is 17.5. The number of rotatable bonds is 6. The molecule has 1 N–H and O–H groups in total. The third-order valence-corrected chi connectivity index (χ3v) is 7.44. The summed E-state index contributed by atoms with van der Waals surface area (Å²) >= 11 is 0. The minimum absolute atomic E-state index is 0.0924. The molecule has 6 rings (SSSR count). The summed E-state index contributed by atoms with van der Waals surface area (Å²) in [6.07, 6.45) is 10.1. The fourth-order valence-electron chi connectivity index (χ4n) is 6.56. The minimum atomic E-state index is -0.512. The molecule has 0 spiro atoms. The lowest BCUT2D eigenvalue weighted by molar-refractivity contribution is -0.385. The van der Waals surface area contributed by atoms with Crippen LogP contribution in [-0.4, -0.2) is 30.4 Å². The maximum Gasteiger partial charge on any atom is 0.320 e. The van der Waals surface area contributed by atoms with Gasteiger partial charge in [-0.2, -0.15) is 10.2 Å². The first-order valence-electron chi connectivity index (χ1n) is 11.0. The lowest BCUT2D eigenvalue weighted by Crippen LogP contribution is -2.52. The summed E-state index contributed by atoms with van der Waals surface area (Å²) in [6.45, 7) is 4.51. The average Bonchev–Trinajstić information content (AvgIpc) is 3.34. The summed E-state index contributed by atoms with van der Waals surface area (Å²) in [4.78, 5) is 24.2. The maximum absolute atomic E-state index is 13.0. The Morgan fingerprint density at radius 3 is 2.50 bits per heavy atom. The van der Waals surface area contributed by atoms with E-state index in [0.29, 0.717) is 24.3 Å². The van der Waals surface area contributed by atoms with E-state index in [9.17, 15) is 14.9 Å². The average molecular weight is 412 g/mol. The maximum atomic E-state index is 13.0. The SMILES string of the molecule is CCn1nccc1C(C)NC(=O)c1nn(C23CC4CC(CC(C4)C2)C3)cc1[N+](=O)[O-].